The summed E-state index contributed by atoms with van der Waals surface area (Å²) < 4.78 is 36.9. The number of aryl methyl sites for hydroxylation is 1. The van der Waals surface area contributed by atoms with Crippen LogP contribution in [0.4, 0.5) is 5.69 Å². The molecule has 33 heavy (non-hydrogen) atoms. The summed E-state index contributed by atoms with van der Waals surface area (Å²) in [6.45, 7) is 3.50. The molecule has 178 valence electrons. The van der Waals surface area contributed by atoms with Crippen LogP contribution < -0.4 is 19.1 Å². The van der Waals surface area contributed by atoms with E-state index in [-0.39, 0.29) is 24.9 Å². The van der Waals surface area contributed by atoms with Crippen molar-refractivity contribution in [1.29, 1.82) is 0 Å². The van der Waals surface area contributed by atoms with Crippen molar-refractivity contribution < 1.29 is 27.5 Å². The molecule has 1 aliphatic heterocycles. The Kier molecular flexibility index (Phi) is 7.47. The van der Waals surface area contributed by atoms with Gasteiger partial charge in [0.1, 0.15) is 12.6 Å². The first-order chi connectivity index (χ1) is 15.7. The number of sulfonamides is 1. The van der Waals surface area contributed by atoms with Crippen molar-refractivity contribution in [2.24, 2.45) is 0 Å². The molecule has 1 heterocycles. The second kappa shape index (κ2) is 10.1. The molecule has 2 aromatic carbocycles. The van der Waals surface area contributed by atoms with E-state index in [1.54, 1.807) is 12.1 Å². The first kappa shape index (κ1) is 24.4. The van der Waals surface area contributed by atoms with Crippen molar-refractivity contribution in [1.82, 2.24) is 10.2 Å². The predicted octanol–water partition coefficient (Wildman–Crippen LogP) is 2.04. The van der Waals surface area contributed by atoms with E-state index in [1.165, 1.54) is 18.0 Å². The number of likely N-dealkylation sites (N-methyl/N-ethyl adjacent to an activating group) is 1. The first-order valence-electron chi connectivity index (χ1n) is 10.6. The van der Waals surface area contributed by atoms with Crippen LogP contribution in [0.25, 0.3) is 0 Å². The van der Waals surface area contributed by atoms with Gasteiger partial charge in [0.2, 0.25) is 28.6 Å². The van der Waals surface area contributed by atoms with Gasteiger partial charge in [-0.1, -0.05) is 31.2 Å². The summed E-state index contributed by atoms with van der Waals surface area (Å²) in [5.41, 5.74) is 2.12. The van der Waals surface area contributed by atoms with Gasteiger partial charge in [0.25, 0.3) is 0 Å². The minimum absolute atomic E-state index is 0.0467. The number of carbonyl (C=O) groups is 2. The lowest BCUT2D eigenvalue weighted by Gasteiger charge is -2.33. The maximum atomic E-state index is 13.5. The van der Waals surface area contributed by atoms with Crippen molar-refractivity contribution in [2.75, 3.05) is 30.9 Å². The largest absolute Gasteiger partial charge is 0.454 e. The summed E-state index contributed by atoms with van der Waals surface area (Å²) in [6.07, 6.45) is 1.41. The Balaban J connectivity index is 1.95. The molecule has 3 rings (SSSR count). The number of rotatable bonds is 9. The van der Waals surface area contributed by atoms with Crippen molar-refractivity contribution in [3.05, 3.63) is 53.6 Å². The van der Waals surface area contributed by atoms with Crippen molar-refractivity contribution >= 4 is 27.5 Å². The number of ether oxygens (including phenoxy) is 2. The molecular weight excluding hydrogens is 446 g/mol. The molecular formula is C23H29N3O6S. The van der Waals surface area contributed by atoms with Crippen LogP contribution in [0.15, 0.2) is 42.5 Å². The smallest absolute Gasteiger partial charge is 0.244 e. The monoisotopic (exact) mass is 475 g/mol. The van der Waals surface area contributed by atoms with Gasteiger partial charge in [-0.05, 0) is 36.6 Å². The molecule has 1 atom stereocenters. The van der Waals surface area contributed by atoms with Gasteiger partial charge in [0.15, 0.2) is 11.5 Å². The van der Waals surface area contributed by atoms with Crippen LogP contribution in [0.2, 0.25) is 0 Å². The highest BCUT2D eigenvalue weighted by atomic mass is 32.2. The number of hydrogen-bond acceptors (Lipinski definition) is 6. The van der Waals surface area contributed by atoms with Gasteiger partial charge >= 0.3 is 0 Å². The molecule has 1 aliphatic rings. The van der Waals surface area contributed by atoms with Gasteiger partial charge in [0.05, 0.1) is 11.9 Å². The number of carbonyl (C=O) groups excluding carboxylic acids is 2. The number of hydrogen-bond donors (Lipinski definition) is 1. The number of anilines is 1. The molecule has 0 fully saturated rings. The maximum Gasteiger partial charge on any atom is 0.244 e. The fourth-order valence-electron chi connectivity index (χ4n) is 3.71. The average molecular weight is 476 g/mol. The zero-order valence-electron chi connectivity index (χ0n) is 19.2. The van der Waals surface area contributed by atoms with E-state index < -0.39 is 28.5 Å². The van der Waals surface area contributed by atoms with E-state index in [0.717, 1.165) is 21.7 Å². The lowest BCUT2D eigenvalue weighted by molar-refractivity contribution is -0.140. The summed E-state index contributed by atoms with van der Waals surface area (Å²) in [5.74, 6) is 0.109. The minimum Gasteiger partial charge on any atom is -0.454 e. The molecule has 1 N–H and O–H groups in total. The van der Waals surface area contributed by atoms with Gasteiger partial charge in [-0.3, -0.25) is 13.9 Å². The van der Waals surface area contributed by atoms with Gasteiger partial charge < -0.3 is 19.7 Å². The fraction of sp³-hybridized carbons (Fsp3) is 0.391. The molecule has 9 nitrogen and oxygen atoms in total. The SMILES string of the molecule is CCC(C(=O)NC)N(Cc1ccccc1C)C(=O)CN(c1ccc2c(c1)OCO2)S(C)(=O)=O. The van der Waals surface area contributed by atoms with Crippen molar-refractivity contribution in [3.8, 4) is 11.5 Å². The number of amides is 2. The van der Waals surface area contributed by atoms with E-state index in [4.69, 9.17) is 9.47 Å². The Morgan fingerprint density at radius 1 is 1.12 bits per heavy atom. The molecule has 0 saturated carbocycles. The second-order valence-electron chi connectivity index (χ2n) is 7.79. The van der Waals surface area contributed by atoms with Crippen LogP contribution in [-0.2, 0) is 26.2 Å². The van der Waals surface area contributed by atoms with E-state index in [0.29, 0.717) is 17.9 Å². The van der Waals surface area contributed by atoms with Gasteiger partial charge in [-0.25, -0.2) is 8.42 Å². The molecule has 0 bridgehead atoms. The summed E-state index contributed by atoms with van der Waals surface area (Å²) in [4.78, 5) is 27.5. The molecule has 0 saturated heterocycles. The van der Waals surface area contributed by atoms with E-state index >= 15 is 0 Å². The second-order valence-corrected chi connectivity index (χ2v) is 9.70. The number of benzene rings is 2. The quantitative estimate of drug-likeness (QED) is 0.595. The van der Waals surface area contributed by atoms with Crippen LogP contribution in [0.1, 0.15) is 24.5 Å². The molecule has 1 unspecified atom stereocenters. The number of nitrogens with zero attached hydrogens (tertiary/aromatic N) is 2. The Hall–Kier alpha value is -3.27. The lowest BCUT2D eigenvalue weighted by Crippen LogP contribution is -2.51. The van der Waals surface area contributed by atoms with Crippen LogP contribution in [0.3, 0.4) is 0 Å². The molecule has 0 spiro atoms. The molecule has 2 aromatic rings. The van der Waals surface area contributed by atoms with Crippen molar-refractivity contribution in [3.63, 3.8) is 0 Å². The summed E-state index contributed by atoms with van der Waals surface area (Å²) in [5, 5.41) is 2.60. The Morgan fingerprint density at radius 2 is 1.82 bits per heavy atom. The molecule has 0 aliphatic carbocycles. The van der Waals surface area contributed by atoms with Crippen LogP contribution >= 0.6 is 0 Å². The average Bonchev–Trinajstić information content (AvgIpc) is 3.25. The van der Waals surface area contributed by atoms with Crippen LogP contribution in [0, 0.1) is 6.92 Å². The Labute approximate surface area is 194 Å². The van der Waals surface area contributed by atoms with Crippen LogP contribution in [0.5, 0.6) is 11.5 Å². The summed E-state index contributed by atoms with van der Waals surface area (Å²) in [7, 11) is -2.30. The van der Waals surface area contributed by atoms with Crippen LogP contribution in [-0.4, -0.2) is 57.8 Å². The third-order valence-corrected chi connectivity index (χ3v) is 6.70. The van der Waals surface area contributed by atoms with Gasteiger partial charge in [-0.15, -0.1) is 0 Å². The number of nitrogens with one attached hydrogen (secondary N) is 1. The van der Waals surface area contributed by atoms with Crippen molar-refractivity contribution in [2.45, 2.75) is 32.9 Å². The standard InChI is InChI=1S/C23H29N3O6S/c1-5-19(23(28)24-3)25(13-17-9-7-6-8-16(17)2)22(27)14-26(33(4,29)30)18-10-11-20-21(12-18)32-15-31-20/h6-12,19H,5,13-15H2,1-4H3,(H,24,28). The zero-order chi connectivity index (χ0) is 24.2. The third-order valence-electron chi connectivity index (χ3n) is 5.56. The molecule has 10 heteroatoms. The summed E-state index contributed by atoms with van der Waals surface area (Å²) in [6, 6.07) is 11.5. The maximum absolute atomic E-state index is 13.5. The third kappa shape index (κ3) is 5.57. The number of fused-ring (bicyclic) bond motifs is 1. The zero-order valence-corrected chi connectivity index (χ0v) is 20.0. The first-order valence-corrected chi connectivity index (χ1v) is 12.4. The van der Waals surface area contributed by atoms with E-state index in [9.17, 15) is 18.0 Å². The molecule has 2 amide bonds. The van der Waals surface area contributed by atoms with E-state index in [2.05, 4.69) is 5.32 Å². The topological polar surface area (TPSA) is 105 Å². The summed E-state index contributed by atoms with van der Waals surface area (Å²) >= 11 is 0. The van der Waals surface area contributed by atoms with Gasteiger partial charge in [-0.2, -0.15) is 0 Å². The van der Waals surface area contributed by atoms with E-state index in [1.807, 2.05) is 38.1 Å². The highest BCUT2D eigenvalue weighted by Crippen LogP contribution is 2.36. The Bertz CT molecular complexity index is 1130. The van der Waals surface area contributed by atoms with Gasteiger partial charge in [0, 0.05) is 19.7 Å². The lowest BCUT2D eigenvalue weighted by atomic mass is 10.1. The highest BCUT2D eigenvalue weighted by molar-refractivity contribution is 7.92. The molecule has 0 aromatic heterocycles. The Morgan fingerprint density at radius 3 is 2.45 bits per heavy atom. The minimum atomic E-state index is -3.81. The molecule has 0 radical (unpaired) electrons. The normalized spacial score (nSPS) is 13.3. The highest BCUT2D eigenvalue weighted by Gasteiger charge is 2.32. The fourth-order valence-corrected chi connectivity index (χ4v) is 4.55. The predicted molar refractivity (Wildman–Crippen MR) is 125 cm³/mol.